The van der Waals surface area contributed by atoms with E-state index in [4.69, 9.17) is 0 Å². The minimum Gasteiger partial charge on any atom is -0.174 e. The van der Waals surface area contributed by atoms with E-state index in [1.807, 2.05) is 36.4 Å². The van der Waals surface area contributed by atoms with Crippen LogP contribution in [0.25, 0.3) is 0 Å². The van der Waals surface area contributed by atoms with Gasteiger partial charge in [-0.25, -0.2) is 0 Å². The molecule has 0 fully saturated rings. The molecule has 2 heteroatoms. The Kier molecular flexibility index (Phi) is 3.49. The molecule has 0 bridgehead atoms. The molecule has 1 aromatic carbocycles. The lowest BCUT2D eigenvalue weighted by Crippen LogP contribution is -1.70. The molecule has 0 unspecified atom stereocenters. The SMILES string of the molecule is SCc1ccc(C#Cc2ccccc2)s1. The van der Waals surface area contributed by atoms with Crippen molar-refractivity contribution in [1.82, 2.24) is 0 Å². The third kappa shape index (κ3) is 2.89. The summed E-state index contributed by atoms with van der Waals surface area (Å²) in [4.78, 5) is 2.36. The molecule has 0 amide bonds. The number of thiol groups is 1. The molecule has 74 valence electrons. The zero-order chi connectivity index (χ0) is 10.5. The summed E-state index contributed by atoms with van der Waals surface area (Å²) in [5.74, 6) is 7.07. The van der Waals surface area contributed by atoms with Crippen molar-refractivity contribution in [2.24, 2.45) is 0 Å². The molecule has 1 aromatic heterocycles. The number of rotatable bonds is 1. The van der Waals surface area contributed by atoms with E-state index in [0.717, 1.165) is 16.2 Å². The molecule has 15 heavy (non-hydrogen) atoms. The Morgan fingerprint density at radius 2 is 1.80 bits per heavy atom. The van der Waals surface area contributed by atoms with Gasteiger partial charge in [0.15, 0.2) is 0 Å². The molecule has 2 aromatic rings. The molecule has 0 aliphatic rings. The number of thiophene rings is 1. The largest absolute Gasteiger partial charge is 0.174 e. The summed E-state index contributed by atoms with van der Waals surface area (Å²) >= 11 is 5.93. The molecular weight excluding hydrogens is 220 g/mol. The lowest BCUT2D eigenvalue weighted by atomic mass is 10.2. The topological polar surface area (TPSA) is 0 Å². The molecule has 0 nitrogen and oxygen atoms in total. The van der Waals surface area contributed by atoms with Crippen molar-refractivity contribution in [2.75, 3.05) is 0 Å². The molecule has 0 radical (unpaired) electrons. The van der Waals surface area contributed by atoms with Crippen LogP contribution in [-0.4, -0.2) is 0 Å². The van der Waals surface area contributed by atoms with Gasteiger partial charge in [-0.2, -0.15) is 12.6 Å². The highest BCUT2D eigenvalue weighted by Crippen LogP contribution is 2.16. The van der Waals surface area contributed by atoms with E-state index in [0.29, 0.717) is 0 Å². The Hall–Kier alpha value is -1.17. The van der Waals surface area contributed by atoms with E-state index in [2.05, 4.69) is 30.5 Å². The molecule has 0 aliphatic heterocycles. The molecule has 0 saturated heterocycles. The van der Waals surface area contributed by atoms with Gasteiger partial charge in [0.05, 0.1) is 4.88 Å². The summed E-state index contributed by atoms with van der Waals surface area (Å²) in [6, 6.07) is 14.1. The van der Waals surface area contributed by atoms with Gasteiger partial charge >= 0.3 is 0 Å². The van der Waals surface area contributed by atoms with Crippen LogP contribution in [0.5, 0.6) is 0 Å². The van der Waals surface area contributed by atoms with Gasteiger partial charge in [0, 0.05) is 16.2 Å². The maximum absolute atomic E-state index is 4.22. The van der Waals surface area contributed by atoms with Crippen LogP contribution in [-0.2, 0) is 5.75 Å². The van der Waals surface area contributed by atoms with E-state index in [-0.39, 0.29) is 0 Å². The monoisotopic (exact) mass is 230 g/mol. The lowest BCUT2D eigenvalue weighted by molar-refractivity contribution is 1.57. The summed E-state index contributed by atoms with van der Waals surface area (Å²) in [6.45, 7) is 0. The standard InChI is InChI=1S/C13H10S2/c14-10-13-9-8-12(15-13)7-6-11-4-2-1-3-5-11/h1-5,8-9,14H,10H2. The molecular formula is C13H10S2. The predicted molar refractivity (Wildman–Crippen MR) is 69.4 cm³/mol. The summed E-state index contributed by atoms with van der Waals surface area (Å²) < 4.78 is 0. The first-order valence-electron chi connectivity index (χ1n) is 4.65. The Morgan fingerprint density at radius 1 is 1.00 bits per heavy atom. The van der Waals surface area contributed by atoms with E-state index < -0.39 is 0 Å². The molecule has 2 rings (SSSR count). The van der Waals surface area contributed by atoms with Gasteiger partial charge in [-0.3, -0.25) is 0 Å². The minimum atomic E-state index is 0.789. The number of hydrogen-bond donors (Lipinski definition) is 1. The van der Waals surface area contributed by atoms with Crippen LogP contribution in [0.2, 0.25) is 0 Å². The van der Waals surface area contributed by atoms with E-state index >= 15 is 0 Å². The summed E-state index contributed by atoms with van der Waals surface area (Å²) in [6.07, 6.45) is 0. The average molecular weight is 230 g/mol. The number of hydrogen-bond acceptors (Lipinski definition) is 2. The molecule has 0 N–H and O–H groups in total. The quantitative estimate of drug-likeness (QED) is 0.562. The minimum absolute atomic E-state index is 0.789. The summed E-state index contributed by atoms with van der Waals surface area (Å²) in [5, 5.41) is 0. The van der Waals surface area contributed by atoms with Gasteiger partial charge < -0.3 is 0 Å². The van der Waals surface area contributed by atoms with Crippen LogP contribution < -0.4 is 0 Å². The van der Waals surface area contributed by atoms with Gasteiger partial charge in [-0.1, -0.05) is 30.0 Å². The Balaban J connectivity index is 2.18. The smallest absolute Gasteiger partial charge is 0.0775 e. The first-order chi connectivity index (χ1) is 7.38. The fourth-order valence-corrected chi connectivity index (χ4v) is 2.21. The van der Waals surface area contributed by atoms with Gasteiger partial charge in [0.25, 0.3) is 0 Å². The Morgan fingerprint density at radius 3 is 2.47 bits per heavy atom. The van der Waals surface area contributed by atoms with Crippen molar-refractivity contribution >= 4 is 24.0 Å². The zero-order valence-corrected chi connectivity index (χ0v) is 9.81. The second-order valence-corrected chi connectivity index (χ2v) is 4.52. The highest BCUT2D eigenvalue weighted by molar-refractivity contribution is 7.79. The van der Waals surface area contributed by atoms with Crippen LogP contribution in [0.3, 0.4) is 0 Å². The average Bonchev–Trinajstić information content (AvgIpc) is 2.76. The van der Waals surface area contributed by atoms with Gasteiger partial charge in [-0.05, 0) is 24.3 Å². The predicted octanol–water partition coefficient (Wildman–Crippen LogP) is 3.58. The molecule has 1 heterocycles. The van der Waals surface area contributed by atoms with Crippen LogP contribution in [0.15, 0.2) is 42.5 Å². The van der Waals surface area contributed by atoms with Gasteiger partial charge in [0.2, 0.25) is 0 Å². The van der Waals surface area contributed by atoms with E-state index in [1.165, 1.54) is 4.88 Å². The lowest BCUT2D eigenvalue weighted by Gasteiger charge is -1.85. The fraction of sp³-hybridized carbons (Fsp3) is 0.0769. The maximum Gasteiger partial charge on any atom is 0.0775 e. The molecule has 0 aliphatic carbocycles. The molecule has 0 atom stereocenters. The van der Waals surface area contributed by atoms with Crippen molar-refractivity contribution in [3.05, 3.63) is 57.8 Å². The first kappa shape index (κ1) is 10.4. The van der Waals surface area contributed by atoms with Crippen molar-refractivity contribution in [3.63, 3.8) is 0 Å². The van der Waals surface area contributed by atoms with Crippen LogP contribution >= 0.6 is 24.0 Å². The number of benzene rings is 1. The summed E-state index contributed by atoms with van der Waals surface area (Å²) in [5.41, 5.74) is 1.05. The molecule has 0 spiro atoms. The van der Waals surface area contributed by atoms with Crippen molar-refractivity contribution in [1.29, 1.82) is 0 Å². The summed E-state index contributed by atoms with van der Waals surface area (Å²) in [7, 11) is 0. The first-order valence-corrected chi connectivity index (χ1v) is 6.10. The van der Waals surface area contributed by atoms with Crippen LogP contribution in [0.4, 0.5) is 0 Å². The van der Waals surface area contributed by atoms with Crippen molar-refractivity contribution in [3.8, 4) is 11.8 Å². The van der Waals surface area contributed by atoms with Crippen LogP contribution in [0, 0.1) is 11.8 Å². The molecule has 0 saturated carbocycles. The zero-order valence-electron chi connectivity index (χ0n) is 8.10. The highest BCUT2D eigenvalue weighted by Gasteiger charge is 1.94. The van der Waals surface area contributed by atoms with Gasteiger partial charge in [-0.15, -0.1) is 11.3 Å². The second kappa shape index (κ2) is 5.06. The van der Waals surface area contributed by atoms with Crippen molar-refractivity contribution < 1.29 is 0 Å². The van der Waals surface area contributed by atoms with Gasteiger partial charge in [0.1, 0.15) is 0 Å². The van der Waals surface area contributed by atoms with E-state index in [9.17, 15) is 0 Å². The fourth-order valence-electron chi connectivity index (χ4n) is 1.19. The third-order valence-electron chi connectivity index (χ3n) is 1.92. The van der Waals surface area contributed by atoms with Crippen LogP contribution in [0.1, 0.15) is 15.3 Å². The third-order valence-corrected chi connectivity index (χ3v) is 3.48. The second-order valence-electron chi connectivity index (χ2n) is 3.04. The Labute approximate surface area is 99.4 Å². The Bertz CT molecular complexity index is 486. The van der Waals surface area contributed by atoms with Crippen molar-refractivity contribution in [2.45, 2.75) is 5.75 Å². The van der Waals surface area contributed by atoms with E-state index in [1.54, 1.807) is 11.3 Å². The normalized spacial score (nSPS) is 9.40. The highest BCUT2D eigenvalue weighted by atomic mass is 32.1. The maximum atomic E-state index is 4.22.